The van der Waals surface area contributed by atoms with Crippen molar-refractivity contribution in [3.05, 3.63) is 62.1 Å². The molecule has 0 bridgehead atoms. The molecular formula is C16H14Cl2N2O3. The van der Waals surface area contributed by atoms with Gasteiger partial charge in [-0.15, -0.1) is 0 Å². The van der Waals surface area contributed by atoms with Crippen molar-refractivity contribution >= 4 is 40.3 Å². The summed E-state index contributed by atoms with van der Waals surface area (Å²) < 4.78 is 0. The van der Waals surface area contributed by atoms with Crippen LogP contribution < -0.4 is 5.32 Å². The zero-order valence-electron chi connectivity index (χ0n) is 12.1. The lowest BCUT2D eigenvalue weighted by Crippen LogP contribution is -2.33. The summed E-state index contributed by atoms with van der Waals surface area (Å²) in [6.45, 7) is 0. The molecule has 1 saturated carbocycles. The van der Waals surface area contributed by atoms with Gasteiger partial charge >= 0.3 is 0 Å². The lowest BCUT2D eigenvalue weighted by atomic mass is 9.75. The number of nitrogens with one attached hydrogen (secondary N) is 1. The Labute approximate surface area is 143 Å². The predicted molar refractivity (Wildman–Crippen MR) is 90.6 cm³/mol. The number of nitrogens with zero attached hydrogens (tertiary/aromatic N) is 1. The number of aliphatic hydroxyl groups is 1. The van der Waals surface area contributed by atoms with Crippen molar-refractivity contribution in [1.29, 1.82) is 0 Å². The summed E-state index contributed by atoms with van der Waals surface area (Å²) in [6.07, 6.45) is 2.54. The Balaban J connectivity index is 1.87. The van der Waals surface area contributed by atoms with Gasteiger partial charge in [0.25, 0.3) is 5.69 Å². The molecule has 0 heterocycles. The van der Waals surface area contributed by atoms with E-state index in [9.17, 15) is 15.2 Å². The molecule has 0 aromatic heterocycles. The molecule has 7 heteroatoms. The van der Waals surface area contributed by atoms with Crippen molar-refractivity contribution in [2.75, 3.05) is 5.32 Å². The van der Waals surface area contributed by atoms with Crippen molar-refractivity contribution in [3.63, 3.8) is 0 Å². The Kier molecular flexibility index (Phi) is 4.19. The van der Waals surface area contributed by atoms with Crippen LogP contribution >= 0.6 is 23.2 Å². The predicted octanol–water partition coefficient (Wildman–Crippen LogP) is 5.02. The van der Waals surface area contributed by atoms with Crippen molar-refractivity contribution in [3.8, 4) is 0 Å². The van der Waals surface area contributed by atoms with E-state index in [0.29, 0.717) is 5.69 Å². The summed E-state index contributed by atoms with van der Waals surface area (Å²) in [4.78, 5) is 10.6. The van der Waals surface area contributed by atoms with Gasteiger partial charge in [-0.05, 0) is 43.0 Å². The molecule has 5 nitrogen and oxygen atoms in total. The second-order valence-electron chi connectivity index (χ2n) is 5.63. The van der Waals surface area contributed by atoms with Crippen LogP contribution in [0.5, 0.6) is 0 Å². The average Bonchev–Trinajstić information content (AvgIpc) is 2.49. The molecule has 2 aromatic carbocycles. The van der Waals surface area contributed by atoms with Crippen molar-refractivity contribution < 1.29 is 10.0 Å². The summed E-state index contributed by atoms with van der Waals surface area (Å²) in [6, 6.07) is 9.85. The summed E-state index contributed by atoms with van der Waals surface area (Å²) in [5.74, 6) is 0. The molecule has 3 rings (SSSR count). The van der Waals surface area contributed by atoms with Gasteiger partial charge in [-0.2, -0.15) is 0 Å². The monoisotopic (exact) mass is 352 g/mol. The molecule has 0 spiro atoms. The van der Waals surface area contributed by atoms with Gasteiger partial charge in [0.15, 0.2) is 0 Å². The van der Waals surface area contributed by atoms with Gasteiger partial charge in [0, 0.05) is 11.8 Å². The van der Waals surface area contributed by atoms with E-state index >= 15 is 0 Å². The van der Waals surface area contributed by atoms with Crippen LogP contribution in [0, 0.1) is 10.1 Å². The topological polar surface area (TPSA) is 75.4 Å². The Morgan fingerprint density at radius 1 is 1.13 bits per heavy atom. The SMILES string of the molecule is O=[N+]([O-])c1cc(Cl)c(Cl)cc1Nc1ccc(C2(O)CCC2)cc1. The van der Waals surface area contributed by atoms with Crippen LogP contribution in [-0.2, 0) is 5.60 Å². The highest BCUT2D eigenvalue weighted by atomic mass is 35.5. The first kappa shape index (κ1) is 16.1. The lowest BCUT2D eigenvalue weighted by molar-refractivity contribution is -0.383. The highest BCUT2D eigenvalue weighted by molar-refractivity contribution is 6.42. The Morgan fingerprint density at radius 3 is 2.26 bits per heavy atom. The van der Waals surface area contributed by atoms with Gasteiger partial charge in [0.2, 0.25) is 0 Å². The standard InChI is InChI=1S/C16H14Cl2N2O3/c17-12-8-14(15(20(22)23)9-13(12)18)19-11-4-2-10(3-5-11)16(21)6-1-7-16/h2-5,8-9,19,21H,1,6-7H2. The zero-order chi connectivity index (χ0) is 16.6. The van der Waals surface area contributed by atoms with Gasteiger partial charge in [-0.3, -0.25) is 10.1 Å². The van der Waals surface area contributed by atoms with E-state index in [2.05, 4.69) is 5.32 Å². The Bertz CT molecular complexity index is 759. The number of nitro benzene ring substituents is 1. The van der Waals surface area contributed by atoms with Crippen molar-refractivity contribution in [2.24, 2.45) is 0 Å². The number of nitro groups is 1. The molecule has 0 unspecified atom stereocenters. The summed E-state index contributed by atoms with van der Waals surface area (Å²) in [5, 5.41) is 24.8. The fourth-order valence-corrected chi connectivity index (χ4v) is 2.93. The number of rotatable bonds is 4. The second-order valence-corrected chi connectivity index (χ2v) is 6.44. The fourth-order valence-electron chi connectivity index (χ4n) is 2.61. The summed E-state index contributed by atoms with van der Waals surface area (Å²) in [5.41, 5.74) is 0.908. The Morgan fingerprint density at radius 2 is 1.74 bits per heavy atom. The molecule has 2 N–H and O–H groups in total. The molecular weight excluding hydrogens is 339 g/mol. The maximum atomic E-state index is 11.1. The molecule has 0 atom stereocenters. The van der Waals surface area contributed by atoms with Crippen LogP contribution in [0.3, 0.4) is 0 Å². The van der Waals surface area contributed by atoms with Gasteiger partial charge in [0.05, 0.1) is 20.6 Å². The van der Waals surface area contributed by atoms with Gasteiger partial charge in [-0.1, -0.05) is 35.3 Å². The van der Waals surface area contributed by atoms with E-state index < -0.39 is 10.5 Å². The average molecular weight is 353 g/mol. The van der Waals surface area contributed by atoms with Crippen LogP contribution in [0.25, 0.3) is 0 Å². The molecule has 1 fully saturated rings. The minimum Gasteiger partial charge on any atom is -0.385 e. The first-order chi connectivity index (χ1) is 10.9. The third kappa shape index (κ3) is 3.13. The van der Waals surface area contributed by atoms with Gasteiger partial charge < -0.3 is 10.4 Å². The van der Waals surface area contributed by atoms with E-state index in [4.69, 9.17) is 23.2 Å². The van der Waals surface area contributed by atoms with Crippen LogP contribution in [0.4, 0.5) is 17.1 Å². The smallest absolute Gasteiger partial charge is 0.294 e. The van der Waals surface area contributed by atoms with E-state index in [1.807, 2.05) is 12.1 Å². The highest BCUT2D eigenvalue weighted by Crippen LogP contribution is 2.41. The molecule has 2 aromatic rings. The number of hydrogen-bond acceptors (Lipinski definition) is 4. The number of hydrogen-bond donors (Lipinski definition) is 2. The quantitative estimate of drug-likeness (QED) is 0.598. The molecule has 120 valence electrons. The molecule has 0 radical (unpaired) electrons. The van der Waals surface area contributed by atoms with Crippen molar-refractivity contribution in [1.82, 2.24) is 0 Å². The number of halogens is 2. The van der Waals surface area contributed by atoms with Gasteiger partial charge in [0.1, 0.15) is 5.69 Å². The van der Waals surface area contributed by atoms with E-state index in [-0.39, 0.29) is 21.4 Å². The first-order valence-corrected chi connectivity index (χ1v) is 7.88. The highest BCUT2D eigenvalue weighted by Gasteiger charge is 2.35. The van der Waals surface area contributed by atoms with Crippen molar-refractivity contribution in [2.45, 2.75) is 24.9 Å². The van der Waals surface area contributed by atoms with Crippen LogP contribution in [0.15, 0.2) is 36.4 Å². The minimum atomic E-state index is -0.728. The number of benzene rings is 2. The van der Waals surface area contributed by atoms with E-state index in [0.717, 1.165) is 24.8 Å². The molecule has 1 aliphatic carbocycles. The molecule has 1 aliphatic rings. The third-order valence-electron chi connectivity index (χ3n) is 4.12. The third-order valence-corrected chi connectivity index (χ3v) is 4.84. The van der Waals surface area contributed by atoms with E-state index in [1.54, 1.807) is 12.1 Å². The zero-order valence-corrected chi connectivity index (χ0v) is 13.6. The summed E-state index contributed by atoms with van der Waals surface area (Å²) in [7, 11) is 0. The second kappa shape index (κ2) is 6.00. The largest absolute Gasteiger partial charge is 0.385 e. The molecule has 0 saturated heterocycles. The lowest BCUT2D eigenvalue weighted by Gasteiger charge is -2.37. The van der Waals surface area contributed by atoms with Gasteiger partial charge in [-0.25, -0.2) is 0 Å². The maximum absolute atomic E-state index is 11.1. The molecule has 23 heavy (non-hydrogen) atoms. The summed E-state index contributed by atoms with van der Waals surface area (Å²) >= 11 is 11.8. The van der Waals surface area contributed by atoms with Crippen LogP contribution in [-0.4, -0.2) is 10.0 Å². The molecule has 0 aliphatic heterocycles. The minimum absolute atomic E-state index is 0.131. The van der Waals surface area contributed by atoms with E-state index in [1.165, 1.54) is 12.1 Å². The maximum Gasteiger partial charge on any atom is 0.294 e. The molecule has 0 amide bonds. The fraction of sp³-hybridized carbons (Fsp3) is 0.250. The number of anilines is 2. The van der Waals surface area contributed by atoms with Crippen LogP contribution in [0.1, 0.15) is 24.8 Å². The Hall–Kier alpha value is -1.82. The first-order valence-electron chi connectivity index (χ1n) is 7.12. The normalized spacial score (nSPS) is 15.8. The van der Waals surface area contributed by atoms with Crippen LogP contribution in [0.2, 0.25) is 10.0 Å².